The first kappa shape index (κ1) is 18.1. The Labute approximate surface area is 163 Å². The zero-order chi connectivity index (χ0) is 19.6. The summed E-state index contributed by atoms with van der Waals surface area (Å²) >= 11 is 0. The zero-order valence-electron chi connectivity index (χ0n) is 14.9. The first-order chi connectivity index (χ1) is 13.5. The van der Waals surface area contributed by atoms with E-state index in [0.29, 0.717) is 29.3 Å². The summed E-state index contributed by atoms with van der Waals surface area (Å²) in [4.78, 5) is 11.6. The first-order valence-electron chi connectivity index (χ1n) is 8.72. The van der Waals surface area contributed by atoms with E-state index in [1.54, 1.807) is 30.3 Å². The Morgan fingerprint density at radius 3 is 2.46 bits per heavy atom. The van der Waals surface area contributed by atoms with Gasteiger partial charge in [-0.25, -0.2) is 8.42 Å². The number of carbonyl (C=O) groups excluding carboxylic acids is 1. The fraction of sp³-hybridized carbons (Fsp3) is 0.0952. The summed E-state index contributed by atoms with van der Waals surface area (Å²) in [5.41, 5.74) is 2.82. The number of ether oxygens (including phenoxy) is 1. The van der Waals surface area contributed by atoms with Gasteiger partial charge in [-0.15, -0.1) is 0 Å². The van der Waals surface area contributed by atoms with E-state index >= 15 is 0 Å². The van der Waals surface area contributed by atoms with Crippen molar-refractivity contribution < 1.29 is 17.9 Å². The Bertz CT molecular complexity index is 1110. The fourth-order valence-corrected chi connectivity index (χ4v) is 4.06. The lowest BCUT2D eigenvalue weighted by atomic mass is 10.2. The van der Waals surface area contributed by atoms with Crippen LogP contribution in [0.5, 0.6) is 5.75 Å². The van der Waals surface area contributed by atoms with Gasteiger partial charge in [0.25, 0.3) is 10.0 Å². The van der Waals surface area contributed by atoms with E-state index in [9.17, 15) is 13.2 Å². The van der Waals surface area contributed by atoms with Crippen molar-refractivity contribution in [2.45, 2.75) is 17.9 Å². The SMILES string of the molecule is O=C1Cc2cc(S(=O)(=O)Nc3ccc(OCc4ccccc4)cc3)ccc2N1. The zero-order valence-corrected chi connectivity index (χ0v) is 15.7. The van der Waals surface area contributed by atoms with Gasteiger partial charge in [0, 0.05) is 11.4 Å². The van der Waals surface area contributed by atoms with Gasteiger partial charge in [-0.1, -0.05) is 30.3 Å². The number of hydrogen-bond donors (Lipinski definition) is 2. The Morgan fingerprint density at radius 1 is 0.964 bits per heavy atom. The van der Waals surface area contributed by atoms with E-state index in [1.165, 1.54) is 12.1 Å². The molecule has 6 nitrogen and oxygen atoms in total. The van der Waals surface area contributed by atoms with Crippen LogP contribution >= 0.6 is 0 Å². The van der Waals surface area contributed by atoms with Crippen molar-refractivity contribution in [1.82, 2.24) is 0 Å². The molecule has 0 saturated heterocycles. The molecule has 0 radical (unpaired) electrons. The number of carbonyl (C=O) groups is 1. The lowest BCUT2D eigenvalue weighted by Gasteiger charge is -2.11. The number of rotatable bonds is 6. The van der Waals surface area contributed by atoms with Crippen molar-refractivity contribution in [2.24, 2.45) is 0 Å². The molecule has 7 heteroatoms. The maximum Gasteiger partial charge on any atom is 0.261 e. The third kappa shape index (κ3) is 3.99. The normalized spacial score (nSPS) is 12.9. The van der Waals surface area contributed by atoms with Crippen LogP contribution in [0, 0.1) is 0 Å². The molecule has 2 N–H and O–H groups in total. The summed E-state index contributed by atoms with van der Waals surface area (Å²) in [6.45, 7) is 0.438. The minimum absolute atomic E-state index is 0.118. The maximum absolute atomic E-state index is 12.6. The molecule has 28 heavy (non-hydrogen) atoms. The monoisotopic (exact) mass is 394 g/mol. The minimum atomic E-state index is -3.75. The van der Waals surface area contributed by atoms with Gasteiger partial charge < -0.3 is 10.1 Å². The van der Waals surface area contributed by atoms with E-state index in [4.69, 9.17) is 4.74 Å². The molecular weight excluding hydrogens is 376 g/mol. The lowest BCUT2D eigenvalue weighted by Crippen LogP contribution is -2.13. The molecular formula is C21H18N2O4S. The Kier molecular flexibility index (Phi) is 4.75. The Morgan fingerprint density at radius 2 is 1.71 bits per heavy atom. The standard InChI is InChI=1S/C21H18N2O4S/c24-21-13-16-12-19(10-11-20(16)22-21)28(25,26)23-17-6-8-18(9-7-17)27-14-15-4-2-1-3-5-15/h1-12,23H,13-14H2,(H,22,24). The summed E-state index contributed by atoms with van der Waals surface area (Å²) in [5.74, 6) is 0.512. The Balaban J connectivity index is 1.43. The van der Waals surface area contributed by atoms with Crippen molar-refractivity contribution in [1.29, 1.82) is 0 Å². The van der Waals surface area contributed by atoms with Gasteiger partial charge in [0.15, 0.2) is 0 Å². The summed E-state index contributed by atoms with van der Waals surface area (Å²) in [5, 5.41) is 2.69. The molecule has 142 valence electrons. The molecule has 3 aromatic rings. The van der Waals surface area contributed by atoms with Gasteiger partial charge >= 0.3 is 0 Å². The second-order valence-electron chi connectivity index (χ2n) is 6.45. The van der Waals surface area contributed by atoms with Gasteiger partial charge in [0.1, 0.15) is 12.4 Å². The summed E-state index contributed by atoms with van der Waals surface area (Å²) in [7, 11) is -3.75. The van der Waals surface area contributed by atoms with E-state index in [-0.39, 0.29) is 17.2 Å². The molecule has 0 saturated carbocycles. The molecule has 0 atom stereocenters. The van der Waals surface area contributed by atoms with E-state index in [2.05, 4.69) is 10.0 Å². The third-order valence-electron chi connectivity index (χ3n) is 4.37. The predicted octanol–water partition coefficient (Wildman–Crippen LogP) is 3.56. The van der Waals surface area contributed by atoms with E-state index in [0.717, 1.165) is 5.56 Å². The van der Waals surface area contributed by atoms with Crippen molar-refractivity contribution in [2.75, 3.05) is 10.0 Å². The molecule has 1 aliphatic rings. The fourth-order valence-electron chi connectivity index (χ4n) is 2.95. The summed E-state index contributed by atoms with van der Waals surface area (Å²) < 4.78 is 33.5. The molecule has 1 heterocycles. The number of sulfonamides is 1. The van der Waals surface area contributed by atoms with Crippen LogP contribution in [-0.4, -0.2) is 14.3 Å². The topological polar surface area (TPSA) is 84.5 Å². The van der Waals surface area contributed by atoms with Gasteiger partial charge in [0.05, 0.1) is 11.3 Å². The Hall–Kier alpha value is -3.32. The maximum atomic E-state index is 12.6. The van der Waals surface area contributed by atoms with Gasteiger partial charge in [-0.3, -0.25) is 9.52 Å². The van der Waals surface area contributed by atoms with Crippen LogP contribution in [0.15, 0.2) is 77.7 Å². The van der Waals surface area contributed by atoms with Crippen LogP contribution in [0.3, 0.4) is 0 Å². The van der Waals surface area contributed by atoms with Gasteiger partial charge in [-0.05, 0) is 53.6 Å². The summed E-state index contributed by atoms with van der Waals surface area (Å²) in [6.07, 6.45) is 0.187. The second kappa shape index (κ2) is 7.36. The van der Waals surface area contributed by atoms with E-state index < -0.39 is 10.0 Å². The highest BCUT2D eigenvalue weighted by atomic mass is 32.2. The molecule has 0 bridgehead atoms. The highest BCUT2D eigenvalue weighted by molar-refractivity contribution is 7.92. The highest BCUT2D eigenvalue weighted by Crippen LogP contribution is 2.27. The average Bonchev–Trinajstić information content (AvgIpc) is 3.07. The van der Waals surface area contributed by atoms with Crippen molar-refractivity contribution >= 4 is 27.3 Å². The smallest absolute Gasteiger partial charge is 0.261 e. The number of nitrogens with one attached hydrogen (secondary N) is 2. The average molecular weight is 394 g/mol. The molecule has 0 aliphatic carbocycles. The molecule has 0 spiro atoms. The molecule has 0 fully saturated rings. The molecule has 0 unspecified atom stereocenters. The van der Waals surface area contributed by atoms with Gasteiger partial charge in [0.2, 0.25) is 5.91 Å². The minimum Gasteiger partial charge on any atom is -0.489 e. The predicted molar refractivity (Wildman–Crippen MR) is 107 cm³/mol. The molecule has 0 aromatic heterocycles. The molecule has 1 amide bonds. The van der Waals surface area contributed by atoms with Crippen molar-refractivity contribution in [3.63, 3.8) is 0 Å². The largest absolute Gasteiger partial charge is 0.489 e. The number of fused-ring (bicyclic) bond motifs is 1. The number of anilines is 2. The van der Waals surface area contributed by atoms with Crippen LogP contribution in [0.1, 0.15) is 11.1 Å². The van der Waals surface area contributed by atoms with Crippen LogP contribution in [0.25, 0.3) is 0 Å². The third-order valence-corrected chi connectivity index (χ3v) is 5.75. The molecule has 4 rings (SSSR count). The van der Waals surface area contributed by atoms with Crippen LogP contribution in [0.2, 0.25) is 0 Å². The number of amides is 1. The molecule has 1 aliphatic heterocycles. The van der Waals surface area contributed by atoms with Crippen LogP contribution < -0.4 is 14.8 Å². The van der Waals surface area contributed by atoms with Crippen molar-refractivity contribution in [3.8, 4) is 5.75 Å². The highest BCUT2D eigenvalue weighted by Gasteiger charge is 2.21. The molecule has 3 aromatic carbocycles. The quantitative estimate of drug-likeness (QED) is 0.670. The van der Waals surface area contributed by atoms with Crippen LogP contribution in [-0.2, 0) is 27.8 Å². The van der Waals surface area contributed by atoms with Crippen LogP contribution in [0.4, 0.5) is 11.4 Å². The van der Waals surface area contributed by atoms with Crippen molar-refractivity contribution in [3.05, 3.63) is 83.9 Å². The first-order valence-corrected chi connectivity index (χ1v) is 10.2. The number of benzene rings is 3. The van der Waals surface area contributed by atoms with Gasteiger partial charge in [-0.2, -0.15) is 0 Å². The lowest BCUT2D eigenvalue weighted by molar-refractivity contribution is -0.115. The summed E-state index contributed by atoms with van der Waals surface area (Å²) in [6, 6.07) is 21.1. The van der Waals surface area contributed by atoms with E-state index in [1.807, 2.05) is 30.3 Å². The number of hydrogen-bond acceptors (Lipinski definition) is 4. The second-order valence-corrected chi connectivity index (χ2v) is 8.13.